The van der Waals surface area contributed by atoms with Crippen LogP contribution in [0, 0.1) is 0 Å². The monoisotopic (exact) mass is 499 g/mol. The molecule has 7 N–H and O–H groups in total. The average Bonchev–Trinajstić information content (AvgIpc) is 2.93. The fourth-order valence-corrected chi connectivity index (χ4v) is 4.63. The van der Waals surface area contributed by atoms with Crippen LogP contribution in [0.15, 0.2) is 36.4 Å². The maximum Gasteiger partial charge on any atom is 0.304 e. The number of carboxylic acid groups (broad SMARTS) is 1. The van der Waals surface area contributed by atoms with E-state index in [0.717, 1.165) is 74.4 Å². The summed E-state index contributed by atoms with van der Waals surface area (Å²) in [6, 6.07) is 11.3. The highest BCUT2D eigenvalue weighted by Gasteiger charge is 2.19. The van der Waals surface area contributed by atoms with E-state index in [2.05, 4.69) is 14.7 Å². The van der Waals surface area contributed by atoms with Crippen LogP contribution in [0.1, 0.15) is 28.7 Å². The highest BCUT2D eigenvalue weighted by Crippen LogP contribution is 2.23. The van der Waals surface area contributed by atoms with Crippen LogP contribution in [0.5, 0.6) is 11.5 Å². The number of phenolic OH excluding ortho intramolecular Hbond substituents is 2. The summed E-state index contributed by atoms with van der Waals surface area (Å²) in [6.07, 6.45) is 1.62. The summed E-state index contributed by atoms with van der Waals surface area (Å²) in [5.41, 5.74) is 15.4. The zero-order chi connectivity index (χ0) is 25.9. The third-order valence-electron chi connectivity index (χ3n) is 6.78. The fraction of sp³-hybridized carbons (Fsp3) is 0.519. The van der Waals surface area contributed by atoms with Crippen LogP contribution in [0.25, 0.3) is 0 Å². The first kappa shape index (κ1) is 27.9. The molecular formula is C27H41N5O4. The van der Waals surface area contributed by atoms with Crippen LogP contribution in [0.3, 0.4) is 0 Å². The lowest BCUT2D eigenvalue weighted by atomic mass is 10.1. The molecule has 2 aromatic rings. The number of carbonyl (C=O) groups is 1. The predicted octanol–water partition coefficient (Wildman–Crippen LogP) is 1.19. The zero-order valence-electron chi connectivity index (χ0n) is 21.1. The number of nitrogens with zero attached hydrogens (tertiary/aromatic N) is 3. The molecular weight excluding hydrogens is 458 g/mol. The van der Waals surface area contributed by atoms with E-state index in [0.29, 0.717) is 32.7 Å². The standard InChI is InChI=1S/C27H41N5O4/c28-8-5-21-1-3-25(33)23(17-21)19-31-13-11-30(10-7-27(35)36)12-14-32(16-15-31)20-24-18-22(6-9-29)2-4-26(24)34/h1-4,17-18,33-34H,5-16,19-20,28-29H2,(H,35,36). The van der Waals surface area contributed by atoms with Gasteiger partial charge in [0.1, 0.15) is 11.5 Å². The summed E-state index contributed by atoms with van der Waals surface area (Å²) in [4.78, 5) is 18.0. The molecule has 1 fully saturated rings. The number of hydrogen-bond acceptors (Lipinski definition) is 8. The van der Waals surface area contributed by atoms with Crippen LogP contribution < -0.4 is 11.5 Å². The van der Waals surface area contributed by atoms with Crippen molar-refractivity contribution in [1.82, 2.24) is 14.7 Å². The summed E-state index contributed by atoms with van der Waals surface area (Å²) in [5, 5.41) is 30.2. The van der Waals surface area contributed by atoms with Crippen LogP contribution >= 0.6 is 0 Å². The molecule has 1 aliphatic heterocycles. The molecule has 0 radical (unpaired) electrons. The van der Waals surface area contributed by atoms with E-state index in [-0.39, 0.29) is 17.9 Å². The molecule has 0 spiro atoms. The summed E-state index contributed by atoms with van der Waals surface area (Å²) in [7, 11) is 0. The van der Waals surface area contributed by atoms with Gasteiger partial charge in [-0.1, -0.05) is 24.3 Å². The number of aliphatic carboxylic acids is 1. The summed E-state index contributed by atoms with van der Waals surface area (Å²) in [5.74, 6) is -0.249. The number of aromatic hydroxyl groups is 2. The van der Waals surface area contributed by atoms with Gasteiger partial charge in [-0.2, -0.15) is 0 Å². The van der Waals surface area contributed by atoms with E-state index in [1.807, 2.05) is 24.3 Å². The molecule has 2 aromatic carbocycles. The number of benzene rings is 2. The molecule has 0 unspecified atom stereocenters. The maximum absolute atomic E-state index is 11.2. The van der Waals surface area contributed by atoms with Gasteiger partial charge in [-0.25, -0.2) is 0 Å². The van der Waals surface area contributed by atoms with E-state index in [9.17, 15) is 20.1 Å². The molecule has 1 aliphatic rings. The number of carboxylic acids is 1. The van der Waals surface area contributed by atoms with Gasteiger partial charge in [0.05, 0.1) is 6.42 Å². The van der Waals surface area contributed by atoms with Crippen LogP contribution in [-0.2, 0) is 30.7 Å². The summed E-state index contributed by atoms with van der Waals surface area (Å²) >= 11 is 0. The van der Waals surface area contributed by atoms with E-state index >= 15 is 0 Å². The molecule has 198 valence electrons. The van der Waals surface area contributed by atoms with Crippen LogP contribution in [0.2, 0.25) is 0 Å². The third kappa shape index (κ3) is 8.76. The van der Waals surface area contributed by atoms with Gasteiger partial charge < -0.3 is 31.7 Å². The Kier molecular flexibility index (Phi) is 11.0. The highest BCUT2D eigenvalue weighted by molar-refractivity contribution is 5.66. The van der Waals surface area contributed by atoms with Crippen molar-refractivity contribution in [3.8, 4) is 11.5 Å². The van der Waals surface area contributed by atoms with Crippen molar-refractivity contribution in [3.05, 3.63) is 58.7 Å². The van der Waals surface area contributed by atoms with Gasteiger partial charge >= 0.3 is 5.97 Å². The Morgan fingerprint density at radius 2 is 1.14 bits per heavy atom. The van der Waals surface area contributed by atoms with Crippen molar-refractivity contribution in [1.29, 1.82) is 0 Å². The Labute approximate surface area is 213 Å². The molecule has 0 aliphatic carbocycles. The highest BCUT2D eigenvalue weighted by atomic mass is 16.4. The largest absolute Gasteiger partial charge is 0.508 e. The molecule has 9 heteroatoms. The number of rotatable bonds is 11. The van der Waals surface area contributed by atoms with Crippen molar-refractivity contribution in [2.24, 2.45) is 11.5 Å². The van der Waals surface area contributed by atoms with Crippen molar-refractivity contribution in [2.45, 2.75) is 32.4 Å². The van der Waals surface area contributed by atoms with Crippen molar-refractivity contribution >= 4 is 5.97 Å². The Morgan fingerprint density at radius 1 is 0.722 bits per heavy atom. The number of hydrogen-bond donors (Lipinski definition) is 5. The molecule has 0 amide bonds. The molecule has 0 bridgehead atoms. The van der Waals surface area contributed by atoms with Gasteiger partial charge in [0.2, 0.25) is 0 Å². The number of phenols is 2. The molecule has 0 aromatic heterocycles. The van der Waals surface area contributed by atoms with E-state index in [1.165, 1.54) is 0 Å². The zero-order valence-corrected chi connectivity index (χ0v) is 21.1. The predicted molar refractivity (Wildman–Crippen MR) is 141 cm³/mol. The summed E-state index contributed by atoms with van der Waals surface area (Å²) < 4.78 is 0. The fourth-order valence-electron chi connectivity index (χ4n) is 4.63. The van der Waals surface area contributed by atoms with Gasteiger partial charge in [-0.05, 0) is 49.2 Å². The SMILES string of the molecule is NCCc1ccc(O)c(CN2CCN(CCC(=O)O)CCN(Cc3cc(CCN)ccc3O)CC2)c1. The second-order valence-electron chi connectivity index (χ2n) is 9.54. The normalized spacial score (nSPS) is 16.4. The topological polar surface area (TPSA) is 140 Å². The smallest absolute Gasteiger partial charge is 0.304 e. The molecule has 36 heavy (non-hydrogen) atoms. The molecule has 1 saturated heterocycles. The van der Waals surface area contributed by atoms with Crippen LogP contribution in [0.4, 0.5) is 0 Å². The quantitative estimate of drug-likeness (QED) is 0.308. The van der Waals surface area contributed by atoms with E-state index in [4.69, 9.17) is 11.5 Å². The first-order chi connectivity index (χ1) is 17.4. The van der Waals surface area contributed by atoms with Crippen LogP contribution in [-0.4, -0.2) is 94.9 Å². The lowest BCUT2D eigenvalue weighted by Crippen LogP contribution is -2.37. The Balaban J connectivity index is 1.76. The first-order valence-electron chi connectivity index (χ1n) is 12.8. The average molecular weight is 500 g/mol. The maximum atomic E-state index is 11.2. The molecule has 0 atom stereocenters. The Hall–Kier alpha value is -2.69. The van der Waals surface area contributed by atoms with Gasteiger partial charge in [-0.3, -0.25) is 14.6 Å². The minimum absolute atomic E-state index is 0.101. The lowest BCUT2D eigenvalue weighted by molar-refractivity contribution is -0.137. The summed E-state index contributed by atoms with van der Waals surface area (Å²) in [6.45, 7) is 7.42. The number of nitrogens with two attached hydrogens (primary N) is 2. The van der Waals surface area contributed by atoms with E-state index < -0.39 is 5.97 Å². The second kappa shape index (κ2) is 14.2. The minimum Gasteiger partial charge on any atom is -0.508 e. The third-order valence-corrected chi connectivity index (χ3v) is 6.78. The molecule has 0 saturated carbocycles. The minimum atomic E-state index is -0.799. The van der Waals surface area contributed by atoms with Gasteiger partial charge in [-0.15, -0.1) is 0 Å². The molecule has 1 heterocycles. The van der Waals surface area contributed by atoms with Gasteiger partial charge in [0.25, 0.3) is 0 Å². The van der Waals surface area contributed by atoms with Crippen molar-refractivity contribution in [3.63, 3.8) is 0 Å². The Bertz CT molecular complexity index is 917. The molecule has 9 nitrogen and oxygen atoms in total. The lowest BCUT2D eigenvalue weighted by Gasteiger charge is -2.26. The van der Waals surface area contributed by atoms with Gasteiger partial charge in [0.15, 0.2) is 0 Å². The van der Waals surface area contributed by atoms with E-state index in [1.54, 1.807) is 12.1 Å². The van der Waals surface area contributed by atoms with Crippen molar-refractivity contribution < 1.29 is 20.1 Å². The second-order valence-corrected chi connectivity index (χ2v) is 9.54. The first-order valence-corrected chi connectivity index (χ1v) is 12.8. The van der Waals surface area contributed by atoms with Crippen molar-refractivity contribution in [2.75, 3.05) is 58.9 Å². The molecule has 3 rings (SSSR count). The Morgan fingerprint density at radius 3 is 1.53 bits per heavy atom. The van der Waals surface area contributed by atoms with Gasteiger partial charge in [0, 0.05) is 70.0 Å².